The zero-order chi connectivity index (χ0) is 26.6. The summed E-state index contributed by atoms with van der Waals surface area (Å²) < 4.78 is 32.6. The van der Waals surface area contributed by atoms with Gasteiger partial charge in [-0.15, -0.1) is 11.3 Å². The van der Waals surface area contributed by atoms with Gasteiger partial charge in [-0.3, -0.25) is 9.52 Å². The van der Waals surface area contributed by atoms with Crippen molar-refractivity contribution in [3.63, 3.8) is 0 Å². The zero-order valence-electron chi connectivity index (χ0n) is 20.3. The van der Waals surface area contributed by atoms with Crippen molar-refractivity contribution in [3.8, 4) is 0 Å². The zero-order valence-corrected chi connectivity index (χ0v) is 22.8. The van der Waals surface area contributed by atoms with Crippen molar-refractivity contribution >= 4 is 66.9 Å². The van der Waals surface area contributed by atoms with E-state index in [1.54, 1.807) is 69.6 Å². The SMILES string of the molecule is COC(=O)c1c(NC(=S)Nc2ccc(NS(=O)(=O)c3ccc(C)cc3)cc2)sc(C(=O)N(C)C)c1C. The topological polar surface area (TPSA) is 117 Å². The predicted molar refractivity (Wildman–Crippen MR) is 147 cm³/mol. The number of sulfonamides is 1. The number of thiophene rings is 1. The number of esters is 1. The van der Waals surface area contributed by atoms with Crippen molar-refractivity contribution < 1.29 is 22.7 Å². The minimum absolute atomic E-state index is 0.167. The number of nitrogens with zero attached hydrogens (tertiary/aromatic N) is 1. The van der Waals surface area contributed by atoms with Gasteiger partial charge in [-0.25, -0.2) is 13.2 Å². The number of methoxy groups -OCH3 is 1. The molecule has 12 heteroatoms. The first-order chi connectivity index (χ1) is 16.9. The summed E-state index contributed by atoms with van der Waals surface area (Å²) >= 11 is 6.50. The van der Waals surface area contributed by atoms with E-state index in [1.807, 2.05) is 6.92 Å². The van der Waals surface area contributed by atoms with Gasteiger partial charge < -0.3 is 20.3 Å². The van der Waals surface area contributed by atoms with Crippen LogP contribution in [-0.4, -0.2) is 51.5 Å². The molecule has 0 aliphatic carbocycles. The Bertz CT molecular complexity index is 1400. The summed E-state index contributed by atoms with van der Waals surface area (Å²) in [4.78, 5) is 26.9. The lowest BCUT2D eigenvalue weighted by Crippen LogP contribution is -2.21. The highest BCUT2D eigenvalue weighted by Gasteiger charge is 2.26. The maximum absolute atomic E-state index is 12.6. The van der Waals surface area contributed by atoms with Gasteiger partial charge in [0, 0.05) is 25.5 Å². The molecule has 0 aliphatic rings. The van der Waals surface area contributed by atoms with Crippen LogP contribution < -0.4 is 15.4 Å². The van der Waals surface area contributed by atoms with E-state index in [2.05, 4.69) is 15.4 Å². The van der Waals surface area contributed by atoms with Crippen molar-refractivity contribution in [2.45, 2.75) is 18.7 Å². The standard InChI is InChI=1S/C24H26N4O5S3/c1-14-6-12-18(13-7-14)36(31,32)27-17-10-8-16(9-11-17)25-24(34)26-21-19(23(30)33-5)15(2)20(35-21)22(29)28(3)4/h6-13,27H,1-5H3,(H2,25,26,34). The molecule has 0 aliphatic heterocycles. The van der Waals surface area contributed by atoms with E-state index in [0.29, 0.717) is 26.8 Å². The minimum Gasteiger partial charge on any atom is -0.465 e. The third kappa shape index (κ3) is 6.20. The van der Waals surface area contributed by atoms with Crippen molar-refractivity contribution in [2.75, 3.05) is 36.6 Å². The summed E-state index contributed by atoms with van der Waals surface area (Å²) in [7, 11) is 0.803. The van der Waals surface area contributed by atoms with Crippen LogP contribution in [-0.2, 0) is 14.8 Å². The Morgan fingerprint density at radius 2 is 1.53 bits per heavy atom. The molecule has 3 rings (SSSR count). The quantitative estimate of drug-likeness (QED) is 0.294. The maximum Gasteiger partial charge on any atom is 0.341 e. The Morgan fingerprint density at radius 3 is 2.08 bits per heavy atom. The van der Waals surface area contributed by atoms with E-state index in [9.17, 15) is 18.0 Å². The van der Waals surface area contributed by atoms with Crippen LogP contribution in [0.2, 0.25) is 0 Å². The number of carbonyl (C=O) groups is 2. The lowest BCUT2D eigenvalue weighted by Gasteiger charge is -2.12. The second-order valence-corrected chi connectivity index (χ2v) is 11.1. The van der Waals surface area contributed by atoms with Gasteiger partial charge in [-0.05, 0) is 68.0 Å². The molecule has 3 aromatic rings. The molecule has 0 fully saturated rings. The molecule has 0 radical (unpaired) electrons. The number of nitrogens with one attached hydrogen (secondary N) is 3. The van der Waals surface area contributed by atoms with Crippen LogP contribution in [0.15, 0.2) is 53.4 Å². The van der Waals surface area contributed by atoms with Gasteiger partial charge in [0.15, 0.2) is 5.11 Å². The molecule has 1 aromatic heterocycles. The number of hydrogen-bond donors (Lipinski definition) is 3. The highest BCUT2D eigenvalue weighted by atomic mass is 32.2. The molecule has 0 unspecified atom stereocenters. The van der Waals surface area contributed by atoms with E-state index in [4.69, 9.17) is 17.0 Å². The van der Waals surface area contributed by atoms with Crippen LogP contribution in [0, 0.1) is 13.8 Å². The smallest absolute Gasteiger partial charge is 0.341 e. The lowest BCUT2D eigenvalue weighted by molar-refractivity contribution is 0.0601. The molecule has 0 saturated heterocycles. The summed E-state index contributed by atoms with van der Waals surface area (Å²) in [6, 6.07) is 13.1. The third-order valence-electron chi connectivity index (χ3n) is 5.09. The Labute approximate surface area is 219 Å². The van der Waals surface area contributed by atoms with E-state index in [0.717, 1.165) is 16.9 Å². The molecule has 0 atom stereocenters. The highest BCUT2D eigenvalue weighted by Crippen LogP contribution is 2.34. The first kappa shape index (κ1) is 27.1. The fourth-order valence-corrected chi connectivity index (χ4v) is 5.74. The Kier molecular flexibility index (Phi) is 8.33. The Hall–Kier alpha value is -3.48. The number of aryl methyl sites for hydroxylation is 1. The normalized spacial score (nSPS) is 10.9. The van der Waals surface area contributed by atoms with Crippen LogP contribution in [0.1, 0.15) is 31.2 Å². The molecule has 0 spiro atoms. The Balaban J connectivity index is 1.73. The molecule has 1 amide bonds. The largest absolute Gasteiger partial charge is 0.465 e. The minimum atomic E-state index is -3.72. The predicted octanol–water partition coefficient (Wildman–Crippen LogP) is 4.46. The van der Waals surface area contributed by atoms with E-state index >= 15 is 0 Å². The number of ether oxygens (including phenoxy) is 1. The molecular formula is C24H26N4O5S3. The van der Waals surface area contributed by atoms with Crippen LogP contribution in [0.5, 0.6) is 0 Å². The number of rotatable bonds is 7. The number of amides is 1. The first-order valence-electron chi connectivity index (χ1n) is 10.6. The molecule has 9 nitrogen and oxygen atoms in total. The second kappa shape index (κ2) is 11.1. The summed E-state index contributed by atoms with van der Waals surface area (Å²) in [5.41, 5.74) is 2.67. The molecule has 3 N–H and O–H groups in total. The second-order valence-electron chi connectivity index (χ2n) is 8.03. The van der Waals surface area contributed by atoms with Crippen molar-refractivity contribution in [1.82, 2.24) is 4.90 Å². The number of benzene rings is 2. The molecule has 1 heterocycles. The van der Waals surface area contributed by atoms with Gasteiger partial charge >= 0.3 is 5.97 Å². The molecule has 0 bridgehead atoms. The monoisotopic (exact) mass is 546 g/mol. The summed E-state index contributed by atoms with van der Waals surface area (Å²) in [6.07, 6.45) is 0. The lowest BCUT2D eigenvalue weighted by atomic mass is 10.1. The number of hydrogen-bond acceptors (Lipinski definition) is 7. The summed E-state index contributed by atoms with van der Waals surface area (Å²) in [5, 5.41) is 6.51. The van der Waals surface area contributed by atoms with Gasteiger partial charge in [-0.1, -0.05) is 17.7 Å². The maximum atomic E-state index is 12.6. The van der Waals surface area contributed by atoms with E-state index in [-0.39, 0.29) is 21.5 Å². The molecule has 0 saturated carbocycles. The average molecular weight is 547 g/mol. The first-order valence-corrected chi connectivity index (χ1v) is 13.3. The van der Waals surface area contributed by atoms with Gasteiger partial charge in [0.05, 0.1) is 22.4 Å². The van der Waals surface area contributed by atoms with Crippen LogP contribution in [0.4, 0.5) is 16.4 Å². The van der Waals surface area contributed by atoms with Crippen molar-refractivity contribution in [2.24, 2.45) is 0 Å². The van der Waals surface area contributed by atoms with Gasteiger partial charge in [0.25, 0.3) is 15.9 Å². The molecular weight excluding hydrogens is 520 g/mol. The summed E-state index contributed by atoms with van der Waals surface area (Å²) in [6.45, 7) is 3.56. The fraction of sp³-hybridized carbons (Fsp3) is 0.208. The van der Waals surface area contributed by atoms with E-state index < -0.39 is 16.0 Å². The fourth-order valence-electron chi connectivity index (χ4n) is 3.18. The van der Waals surface area contributed by atoms with Crippen LogP contribution in [0.25, 0.3) is 0 Å². The van der Waals surface area contributed by atoms with Crippen LogP contribution in [0.3, 0.4) is 0 Å². The number of thiocarbonyl (C=S) groups is 1. The average Bonchev–Trinajstić information content (AvgIpc) is 3.14. The van der Waals surface area contributed by atoms with Gasteiger partial charge in [0.2, 0.25) is 0 Å². The van der Waals surface area contributed by atoms with Gasteiger partial charge in [-0.2, -0.15) is 0 Å². The Morgan fingerprint density at radius 1 is 0.944 bits per heavy atom. The molecule has 36 heavy (non-hydrogen) atoms. The molecule has 190 valence electrons. The number of carbonyl (C=O) groups excluding carboxylic acids is 2. The van der Waals surface area contributed by atoms with Crippen LogP contribution >= 0.6 is 23.6 Å². The third-order valence-corrected chi connectivity index (χ3v) is 7.89. The van der Waals surface area contributed by atoms with Crippen molar-refractivity contribution in [1.29, 1.82) is 0 Å². The highest BCUT2D eigenvalue weighted by molar-refractivity contribution is 7.92. The van der Waals surface area contributed by atoms with E-state index in [1.165, 1.54) is 12.0 Å². The van der Waals surface area contributed by atoms with Crippen molar-refractivity contribution in [3.05, 3.63) is 70.1 Å². The summed E-state index contributed by atoms with van der Waals surface area (Å²) in [5.74, 6) is -0.824. The number of anilines is 3. The van der Waals surface area contributed by atoms with Gasteiger partial charge in [0.1, 0.15) is 5.00 Å². The molecule has 2 aromatic carbocycles.